The maximum atomic E-state index is 9.72. The molecular weight excluding hydrogens is 254 g/mol. The predicted molar refractivity (Wildman–Crippen MR) is 79.9 cm³/mol. The van der Waals surface area contributed by atoms with E-state index < -0.39 is 8.60 Å². The summed E-state index contributed by atoms with van der Waals surface area (Å²) < 4.78 is 10.6. The zero-order valence-corrected chi connectivity index (χ0v) is 11.2. The van der Waals surface area contributed by atoms with Gasteiger partial charge < -0.3 is 13.9 Å². The quantitative estimate of drug-likeness (QED) is 0.684. The van der Waals surface area contributed by atoms with Gasteiger partial charge in [-0.2, -0.15) is 0 Å². The molecule has 0 unspecified atom stereocenters. The molecule has 19 heavy (non-hydrogen) atoms. The van der Waals surface area contributed by atoms with Crippen molar-refractivity contribution in [2.24, 2.45) is 0 Å². The van der Waals surface area contributed by atoms with Crippen LogP contribution >= 0.6 is 8.60 Å². The van der Waals surface area contributed by atoms with Crippen LogP contribution in [0.3, 0.4) is 0 Å². The Bertz CT molecular complexity index is 452. The van der Waals surface area contributed by atoms with Gasteiger partial charge in [0.15, 0.2) is 0 Å². The number of aryl methyl sites for hydroxylation is 2. The number of hydrogen-bond donors (Lipinski definition) is 1. The van der Waals surface area contributed by atoms with Crippen molar-refractivity contribution in [1.29, 1.82) is 0 Å². The first-order chi connectivity index (χ1) is 8.63. The van der Waals surface area contributed by atoms with Crippen LogP contribution in [0.2, 0.25) is 0 Å². The molecule has 0 saturated carbocycles. The first-order valence-electron chi connectivity index (χ1n) is 5.62. The van der Waals surface area contributed by atoms with Crippen LogP contribution in [0.5, 0.6) is 11.5 Å². The summed E-state index contributed by atoms with van der Waals surface area (Å²) in [7, 11) is -1.95. The summed E-state index contributed by atoms with van der Waals surface area (Å²) in [6.07, 6.45) is 0. The van der Waals surface area contributed by atoms with Gasteiger partial charge in [-0.05, 0) is 38.1 Å². The maximum absolute atomic E-state index is 9.72. The van der Waals surface area contributed by atoms with Crippen LogP contribution in [0, 0.1) is 13.8 Å². The number of rotatable bonds is 4. The fourth-order valence-corrected chi connectivity index (χ4v) is 2.04. The van der Waals surface area contributed by atoms with E-state index in [0.717, 1.165) is 11.1 Å². The molecule has 0 spiro atoms. The first-order valence-corrected chi connectivity index (χ1v) is 6.75. The van der Waals surface area contributed by atoms with Crippen molar-refractivity contribution < 1.29 is 13.9 Å². The molecule has 0 aliphatic heterocycles. The second-order valence-corrected chi connectivity index (χ2v) is 4.89. The van der Waals surface area contributed by atoms with E-state index in [0.29, 0.717) is 11.5 Å². The Morgan fingerprint density at radius 3 is 1.37 bits per heavy atom. The van der Waals surface area contributed by atoms with Crippen LogP contribution in [-0.4, -0.2) is 23.8 Å². The second-order valence-electron chi connectivity index (χ2n) is 4.05. The Kier molecular flexibility index (Phi) is 6.41. The molecule has 0 aromatic heterocycles. The molecule has 0 radical (unpaired) electrons. The van der Waals surface area contributed by atoms with Gasteiger partial charge >= 0.3 is 27.5 Å². The molecule has 3 nitrogen and oxygen atoms in total. The van der Waals surface area contributed by atoms with Crippen molar-refractivity contribution >= 4 is 27.5 Å². The van der Waals surface area contributed by atoms with Crippen LogP contribution in [0.4, 0.5) is 0 Å². The molecule has 0 fully saturated rings. The van der Waals surface area contributed by atoms with E-state index in [-0.39, 0.29) is 18.9 Å². The summed E-state index contributed by atoms with van der Waals surface area (Å²) in [4.78, 5) is 9.72. The second kappa shape index (κ2) is 7.58. The van der Waals surface area contributed by atoms with Gasteiger partial charge in [-0.3, -0.25) is 0 Å². The first kappa shape index (κ1) is 16.1. The van der Waals surface area contributed by atoms with Crippen molar-refractivity contribution in [2.45, 2.75) is 13.8 Å². The van der Waals surface area contributed by atoms with Crippen molar-refractivity contribution in [3.63, 3.8) is 0 Å². The third-order valence-corrected chi connectivity index (χ3v) is 3.14. The molecular formula is C14H16LiO3P. The molecule has 5 heteroatoms. The van der Waals surface area contributed by atoms with E-state index >= 15 is 0 Å². The normalized spacial score (nSPS) is 9.89. The van der Waals surface area contributed by atoms with E-state index in [1.165, 1.54) is 0 Å². The standard InChI is InChI=1S/C14H15O3P.Li.H/c1-11-3-7-13(8-4-11)16-18(15)17-14-9-5-12(2)6-10-14;;/h3-10,15H,1-2H3;;. The van der Waals surface area contributed by atoms with Gasteiger partial charge in [0.05, 0.1) is 0 Å². The molecule has 0 aliphatic rings. The molecule has 1 N–H and O–H groups in total. The Hall–Kier alpha value is -0.973. The fraction of sp³-hybridized carbons (Fsp3) is 0.143. The molecule has 0 atom stereocenters. The fourth-order valence-electron chi connectivity index (χ4n) is 1.40. The Morgan fingerprint density at radius 1 is 0.737 bits per heavy atom. The van der Waals surface area contributed by atoms with Gasteiger partial charge in [0, 0.05) is 0 Å². The summed E-state index contributed by atoms with van der Waals surface area (Å²) in [5.74, 6) is 1.20. The SMILES string of the molecule is Cc1ccc(OP(O)Oc2ccc(C)cc2)cc1.[LiH]. The van der Waals surface area contributed by atoms with Crippen LogP contribution in [-0.2, 0) is 0 Å². The minimum atomic E-state index is -1.95. The third kappa shape index (κ3) is 5.26. The molecule has 0 bridgehead atoms. The van der Waals surface area contributed by atoms with E-state index in [1.54, 1.807) is 24.3 Å². The van der Waals surface area contributed by atoms with E-state index in [2.05, 4.69) is 0 Å². The molecule has 0 saturated heterocycles. The third-order valence-electron chi connectivity index (χ3n) is 2.41. The van der Waals surface area contributed by atoms with Gasteiger partial charge in [0.25, 0.3) is 0 Å². The molecule has 2 aromatic carbocycles. The van der Waals surface area contributed by atoms with Gasteiger partial charge in [0.1, 0.15) is 11.5 Å². The van der Waals surface area contributed by atoms with E-state index in [9.17, 15) is 4.89 Å². The molecule has 0 aliphatic carbocycles. The van der Waals surface area contributed by atoms with Crippen molar-refractivity contribution in [3.05, 3.63) is 59.7 Å². The van der Waals surface area contributed by atoms with Gasteiger partial charge in [-0.15, -0.1) is 0 Å². The van der Waals surface area contributed by atoms with Crippen LogP contribution in [0.15, 0.2) is 48.5 Å². The Balaban J connectivity index is 0.00000180. The molecule has 0 heterocycles. The molecule has 2 aromatic rings. The predicted octanol–water partition coefficient (Wildman–Crippen LogP) is 3.33. The molecule has 0 amide bonds. The van der Waals surface area contributed by atoms with Crippen molar-refractivity contribution in [1.82, 2.24) is 0 Å². The van der Waals surface area contributed by atoms with E-state index in [4.69, 9.17) is 9.05 Å². The van der Waals surface area contributed by atoms with E-state index in [1.807, 2.05) is 38.1 Å². The van der Waals surface area contributed by atoms with Crippen molar-refractivity contribution in [2.75, 3.05) is 0 Å². The zero-order valence-electron chi connectivity index (χ0n) is 10.3. The molecule has 96 valence electrons. The summed E-state index contributed by atoms with van der Waals surface area (Å²) >= 11 is 0. The van der Waals surface area contributed by atoms with Crippen LogP contribution < -0.4 is 9.05 Å². The Labute approximate surface area is 126 Å². The number of benzene rings is 2. The van der Waals surface area contributed by atoms with Gasteiger partial charge in [-0.25, -0.2) is 0 Å². The average Bonchev–Trinajstić information content (AvgIpc) is 2.35. The van der Waals surface area contributed by atoms with Crippen LogP contribution in [0.25, 0.3) is 0 Å². The van der Waals surface area contributed by atoms with Crippen LogP contribution in [0.1, 0.15) is 11.1 Å². The topological polar surface area (TPSA) is 38.7 Å². The summed E-state index contributed by atoms with van der Waals surface area (Å²) in [6.45, 7) is 3.99. The number of hydrogen-bond acceptors (Lipinski definition) is 3. The average molecular weight is 270 g/mol. The monoisotopic (exact) mass is 270 g/mol. The molecule has 2 rings (SSSR count). The zero-order chi connectivity index (χ0) is 13.0. The summed E-state index contributed by atoms with van der Waals surface area (Å²) in [6, 6.07) is 14.9. The van der Waals surface area contributed by atoms with Gasteiger partial charge in [-0.1, -0.05) is 35.4 Å². The Morgan fingerprint density at radius 2 is 1.05 bits per heavy atom. The summed E-state index contributed by atoms with van der Waals surface area (Å²) in [5.41, 5.74) is 2.29. The van der Waals surface area contributed by atoms with Gasteiger partial charge in [0.2, 0.25) is 0 Å². The summed E-state index contributed by atoms with van der Waals surface area (Å²) in [5, 5.41) is 0. The minimum absolute atomic E-state index is 0. The van der Waals surface area contributed by atoms with Crippen molar-refractivity contribution in [3.8, 4) is 11.5 Å².